The summed E-state index contributed by atoms with van der Waals surface area (Å²) in [6.45, 7) is 5.56. The predicted octanol–water partition coefficient (Wildman–Crippen LogP) is 3.19. The Balaban J connectivity index is 1.53. The van der Waals surface area contributed by atoms with Crippen molar-refractivity contribution >= 4 is 17.3 Å². The van der Waals surface area contributed by atoms with Crippen LogP contribution >= 0.6 is 0 Å². The van der Waals surface area contributed by atoms with E-state index in [0.717, 1.165) is 52.0 Å². The summed E-state index contributed by atoms with van der Waals surface area (Å²) in [5.41, 5.74) is 1.00. The maximum Gasteiger partial charge on any atom is 0.293 e. The second-order valence-corrected chi connectivity index (χ2v) is 7.52. The van der Waals surface area contributed by atoms with E-state index in [-0.39, 0.29) is 16.5 Å². The number of hydrogen-bond donors (Lipinski definition) is 1. The summed E-state index contributed by atoms with van der Waals surface area (Å²) in [7, 11) is 0. The summed E-state index contributed by atoms with van der Waals surface area (Å²) in [5, 5.41) is 14.4. The molecule has 1 aromatic carbocycles. The second-order valence-electron chi connectivity index (χ2n) is 7.52. The molecular weight excluding hydrogens is 344 g/mol. The molecule has 0 atom stereocenters. The lowest BCUT2D eigenvalue weighted by Crippen LogP contribution is -2.30. The van der Waals surface area contributed by atoms with Crippen molar-refractivity contribution in [3.05, 3.63) is 33.9 Å². The van der Waals surface area contributed by atoms with Crippen molar-refractivity contribution < 1.29 is 9.72 Å². The van der Waals surface area contributed by atoms with Gasteiger partial charge in [-0.25, -0.2) is 0 Å². The molecule has 0 aromatic heterocycles. The van der Waals surface area contributed by atoms with E-state index in [4.69, 9.17) is 0 Å². The third-order valence-corrected chi connectivity index (χ3v) is 5.52. The van der Waals surface area contributed by atoms with E-state index in [9.17, 15) is 14.9 Å². The number of carbonyl (C=O) groups excluding carboxylic acids is 1. The van der Waals surface area contributed by atoms with Crippen LogP contribution in [0.5, 0.6) is 0 Å². The summed E-state index contributed by atoms with van der Waals surface area (Å²) in [4.78, 5) is 28.0. The lowest BCUT2D eigenvalue weighted by atomic mass is 10.1. The second kappa shape index (κ2) is 9.69. The average Bonchev–Trinajstić information content (AvgIpc) is 3.08. The molecule has 2 aliphatic heterocycles. The lowest BCUT2D eigenvalue weighted by molar-refractivity contribution is -0.384. The van der Waals surface area contributed by atoms with Crippen LogP contribution in [0.25, 0.3) is 0 Å². The summed E-state index contributed by atoms with van der Waals surface area (Å²) in [6.07, 6.45) is 8.17. The number of anilines is 1. The van der Waals surface area contributed by atoms with E-state index < -0.39 is 0 Å². The minimum atomic E-state index is -0.385. The van der Waals surface area contributed by atoms with Gasteiger partial charge in [-0.3, -0.25) is 14.9 Å². The first-order chi connectivity index (χ1) is 13.1. The van der Waals surface area contributed by atoms with Crippen molar-refractivity contribution in [3.8, 4) is 0 Å². The number of nitrogens with one attached hydrogen (secondary N) is 1. The minimum absolute atomic E-state index is 0.0223. The van der Waals surface area contributed by atoms with Crippen molar-refractivity contribution in [1.82, 2.24) is 10.2 Å². The van der Waals surface area contributed by atoms with Gasteiger partial charge in [-0.1, -0.05) is 12.8 Å². The number of nitrogens with zero attached hydrogens (tertiary/aromatic N) is 3. The Bertz CT molecular complexity index is 651. The molecule has 3 rings (SSSR count). The number of carbonyl (C=O) groups is 1. The molecule has 0 aliphatic carbocycles. The largest absolute Gasteiger partial charge is 0.366 e. The van der Waals surface area contributed by atoms with E-state index in [0.29, 0.717) is 17.8 Å². The first-order valence-electron chi connectivity index (χ1n) is 10.2. The molecule has 7 heteroatoms. The van der Waals surface area contributed by atoms with Crippen LogP contribution in [-0.2, 0) is 0 Å². The number of hydrogen-bond acceptors (Lipinski definition) is 5. The highest BCUT2D eigenvalue weighted by Gasteiger charge is 2.23. The summed E-state index contributed by atoms with van der Waals surface area (Å²) in [5.74, 6) is -0.234. The number of nitro groups is 1. The van der Waals surface area contributed by atoms with Crippen LogP contribution in [0.3, 0.4) is 0 Å². The van der Waals surface area contributed by atoms with Crippen LogP contribution < -0.4 is 10.2 Å². The topological polar surface area (TPSA) is 78.7 Å². The molecule has 7 nitrogen and oxygen atoms in total. The van der Waals surface area contributed by atoms with Crippen molar-refractivity contribution in [2.45, 2.75) is 44.9 Å². The Hall–Kier alpha value is -2.15. The molecule has 2 heterocycles. The molecule has 0 spiro atoms. The van der Waals surface area contributed by atoms with Gasteiger partial charge in [-0.05, 0) is 63.9 Å². The van der Waals surface area contributed by atoms with Gasteiger partial charge >= 0.3 is 0 Å². The summed E-state index contributed by atoms with van der Waals surface area (Å²) in [6, 6.07) is 4.83. The first kappa shape index (κ1) is 19.6. The SMILES string of the molecule is O=C(NCCCN1CCCCCC1)c1ccc(N2CCCC2)c([N+](=O)[O-])c1. The van der Waals surface area contributed by atoms with Gasteiger partial charge in [0, 0.05) is 31.3 Å². The van der Waals surface area contributed by atoms with Gasteiger partial charge in [-0.2, -0.15) is 0 Å². The van der Waals surface area contributed by atoms with Crippen LogP contribution in [0.2, 0.25) is 0 Å². The fourth-order valence-electron chi connectivity index (χ4n) is 4.00. The van der Waals surface area contributed by atoms with Crippen molar-refractivity contribution in [2.75, 3.05) is 44.2 Å². The number of amides is 1. The highest BCUT2D eigenvalue weighted by atomic mass is 16.6. The van der Waals surface area contributed by atoms with Crippen LogP contribution in [0.15, 0.2) is 18.2 Å². The van der Waals surface area contributed by atoms with Crippen molar-refractivity contribution in [2.24, 2.45) is 0 Å². The molecule has 0 saturated carbocycles. The monoisotopic (exact) mass is 374 g/mol. The third kappa shape index (κ3) is 5.42. The van der Waals surface area contributed by atoms with Crippen LogP contribution in [0.1, 0.15) is 55.3 Å². The first-order valence-corrected chi connectivity index (χ1v) is 10.2. The maximum absolute atomic E-state index is 12.4. The molecule has 0 unspecified atom stereocenters. The van der Waals surface area contributed by atoms with Gasteiger partial charge in [0.1, 0.15) is 5.69 Å². The van der Waals surface area contributed by atoms with Gasteiger partial charge in [0.05, 0.1) is 4.92 Å². The molecule has 2 fully saturated rings. The summed E-state index contributed by atoms with van der Waals surface area (Å²) < 4.78 is 0. The van der Waals surface area contributed by atoms with Gasteiger partial charge in [-0.15, -0.1) is 0 Å². The average molecular weight is 374 g/mol. The Labute approximate surface area is 160 Å². The van der Waals surface area contributed by atoms with Crippen molar-refractivity contribution in [3.63, 3.8) is 0 Å². The van der Waals surface area contributed by atoms with Crippen LogP contribution in [-0.4, -0.2) is 55.0 Å². The molecule has 0 bridgehead atoms. The molecule has 1 amide bonds. The lowest BCUT2D eigenvalue weighted by Gasteiger charge is -2.19. The molecule has 148 valence electrons. The van der Waals surface area contributed by atoms with E-state index in [1.807, 2.05) is 4.90 Å². The Morgan fingerprint density at radius 1 is 1.04 bits per heavy atom. The third-order valence-electron chi connectivity index (χ3n) is 5.52. The van der Waals surface area contributed by atoms with E-state index >= 15 is 0 Å². The number of likely N-dealkylation sites (tertiary alicyclic amines) is 1. The Kier molecular flexibility index (Phi) is 7.04. The minimum Gasteiger partial charge on any atom is -0.366 e. The molecular formula is C20H30N4O3. The van der Waals surface area contributed by atoms with Crippen molar-refractivity contribution in [1.29, 1.82) is 0 Å². The molecule has 0 radical (unpaired) electrons. The van der Waals surface area contributed by atoms with E-state index in [2.05, 4.69) is 10.2 Å². The van der Waals surface area contributed by atoms with Gasteiger partial charge in [0.2, 0.25) is 0 Å². The number of benzene rings is 1. The molecule has 2 saturated heterocycles. The summed E-state index contributed by atoms with van der Waals surface area (Å²) >= 11 is 0. The zero-order chi connectivity index (χ0) is 19.1. The standard InChI is InChI=1S/C20H30N4O3/c25-20(21-10-7-13-22-11-3-1-2-4-12-22)17-8-9-18(19(16-17)24(26)27)23-14-5-6-15-23/h8-9,16H,1-7,10-15H2,(H,21,25). The molecule has 1 aromatic rings. The highest BCUT2D eigenvalue weighted by Crippen LogP contribution is 2.31. The number of nitro benzene ring substituents is 1. The maximum atomic E-state index is 12.4. The van der Waals surface area contributed by atoms with Crippen LogP contribution in [0, 0.1) is 10.1 Å². The zero-order valence-corrected chi connectivity index (χ0v) is 16.0. The van der Waals surface area contributed by atoms with Gasteiger partial charge in [0.15, 0.2) is 0 Å². The smallest absolute Gasteiger partial charge is 0.293 e. The van der Waals surface area contributed by atoms with Crippen LogP contribution in [0.4, 0.5) is 11.4 Å². The Morgan fingerprint density at radius 3 is 2.37 bits per heavy atom. The number of rotatable bonds is 7. The molecule has 1 N–H and O–H groups in total. The fourth-order valence-corrected chi connectivity index (χ4v) is 4.00. The van der Waals surface area contributed by atoms with Gasteiger partial charge in [0.25, 0.3) is 11.6 Å². The van der Waals surface area contributed by atoms with E-state index in [1.165, 1.54) is 31.7 Å². The fraction of sp³-hybridized carbons (Fsp3) is 0.650. The molecule has 27 heavy (non-hydrogen) atoms. The normalized spacial score (nSPS) is 18.3. The molecule has 2 aliphatic rings. The quantitative estimate of drug-likeness (QED) is 0.450. The van der Waals surface area contributed by atoms with E-state index in [1.54, 1.807) is 12.1 Å². The highest BCUT2D eigenvalue weighted by molar-refractivity contribution is 5.95. The zero-order valence-electron chi connectivity index (χ0n) is 16.0. The predicted molar refractivity (Wildman–Crippen MR) is 106 cm³/mol. The van der Waals surface area contributed by atoms with Gasteiger partial charge < -0.3 is 15.1 Å². The Morgan fingerprint density at radius 2 is 1.70 bits per heavy atom.